The highest BCUT2D eigenvalue weighted by atomic mass is 32.2. The number of anilines is 1. The molecular weight excluding hydrogens is 469 g/mol. The Hall–Kier alpha value is -2.88. The van der Waals surface area contributed by atoms with Crippen LogP contribution in [0.5, 0.6) is 0 Å². The van der Waals surface area contributed by atoms with Crippen LogP contribution in [0.15, 0.2) is 24.3 Å². The van der Waals surface area contributed by atoms with E-state index in [0.29, 0.717) is 32.0 Å². The van der Waals surface area contributed by atoms with Crippen LogP contribution in [0.2, 0.25) is 0 Å². The van der Waals surface area contributed by atoms with Crippen molar-refractivity contribution >= 4 is 35.3 Å². The van der Waals surface area contributed by atoms with Crippen LogP contribution in [0.3, 0.4) is 0 Å². The van der Waals surface area contributed by atoms with Gasteiger partial charge in [0.25, 0.3) is 0 Å². The summed E-state index contributed by atoms with van der Waals surface area (Å²) in [6, 6.07) is 6.44. The first-order valence-electron chi connectivity index (χ1n) is 11.8. The third-order valence-corrected chi connectivity index (χ3v) is 7.73. The summed E-state index contributed by atoms with van der Waals surface area (Å²) in [5.74, 6) is 0.0437. The quantitative estimate of drug-likeness (QED) is 0.646. The molecule has 2 aliphatic heterocycles. The van der Waals surface area contributed by atoms with Crippen molar-refractivity contribution in [2.45, 2.75) is 38.4 Å². The molecule has 35 heavy (non-hydrogen) atoms. The van der Waals surface area contributed by atoms with Crippen LogP contribution in [0.25, 0.3) is 0 Å². The van der Waals surface area contributed by atoms with Gasteiger partial charge in [0, 0.05) is 51.1 Å². The Morgan fingerprint density at radius 3 is 2.40 bits per heavy atom. The van der Waals surface area contributed by atoms with Crippen LogP contribution >= 0.6 is 11.8 Å². The Morgan fingerprint density at radius 2 is 1.80 bits per heavy atom. The standard InChI is InChI=1S/C25H32FN5O3S/c1-16(32)29-9-11-30(12-10-29)19(33)14-31-20(34)15-35-22(17-7-6-8-18(26)13-17)21-23(25(2,3)4)27-28(5)24(21)31/h6-8,13,22H,9-12,14-15H2,1-5H3/t22-/m0/s1. The fourth-order valence-corrected chi connectivity index (χ4v) is 5.87. The van der Waals surface area contributed by atoms with Crippen LogP contribution in [-0.2, 0) is 26.8 Å². The molecule has 188 valence electrons. The molecule has 1 aromatic carbocycles. The van der Waals surface area contributed by atoms with E-state index in [-0.39, 0.29) is 46.5 Å². The number of fused-ring (bicyclic) bond motifs is 1. The van der Waals surface area contributed by atoms with Gasteiger partial charge in [-0.25, -0.2) is 4.39 Å². The van der Waals surface area contributed by atoms with Gasteiger partial charge in [-0.2, -0.15) is 5.10 Å². The SMILES string of the molecule is CC(=O)N1CCN(C(=O)CN2C(=O)CS[C@@H](c3cccc(F)c3)c3c(C(C)(C)C)nn(C)c32)CC1. The monoisotopic (exact) mass is 501 g/mol. The Bertz CT molecular complexity index is 1150. The highest BCUT2D eigenvalue weighted by Gasteiger charge is 2.39. The van der Waals surface area contributed by atoms with Crippen LogP contribution in [-0.4, -0.2) is 75.8 Å². The zero-order valence-electron chi connectivity index (χ0n) is 20.9. The average Bonchev–Trinajstić information content (AvgIpc) is 3.07. The molecule has 8 nitrogen and oxygen atoms in total. The Morgan fingerprint density at radius 1 is 1.14 bits per heavy atom. The lowest BCUT2D eigenvalue weighted by Crippen LogP contribution is -2.53. The molecule has 2 aliphatic rings. The van der Waals surface area contributed by atoms with Gasteiger partial charge in [0.05, 0.1) is 16.7 Å². The van der Waals surface area contributed by atoms with E-state index >= 15 is 0 Å². The van der Waals surface area contributed by atoms with E-state index in [9.17, 15) is 18.8 Å². The number of nitrogens with zero attached hydrogens (tertiary/aromatic N) is 5. The Balaban J connectivity index is 1.72. The molecule has 3 heterocycles. The van der Waals surface area contributed by atoms with Crippen molar-refractivity contribution in [3.05, 3.63) is 46.9 Å². The molecule has 0 aliphatic carbocycles. The molecule has 1 atom stereocenters. The van der Waals surface area contributed by atoms with Gasteiger partial charge in [-0.1, -0.05) is 32.9 Å². The second-order valence-electron chi connectivity index (χ2n) is 10.1. The minimum absolute atomic E-state index is 0.00514. The lowest BCUT2D eigenvalue weighted by molar-refractivity contribution is -0.137. The predicted molar refractivity (Wildman–Crippen MR) is 134 cm³/mol. The lowest BCUT2D eigenvalue weighted by Gasteiger charge is -2.35. The summed E-state index contributed by atoms with van der Waals surface area (Å²) < 4.78 is 15.8. The molecule has 0 N–H and O–H groups in total. The van der Waals surface area contributed by atoms with E-state index in [1.165, 1.54) is 35.7 Å². The van der Waals surface area contributed by atoms with Gasteiger partial charge < -0.3 is 9.80 Å². The van der Waals surface area contributed by atoms with Crippen LogP contribution in [0.4, 0.5) is 10.2 Å². The molecular formula is C25H32FN5O3S. The van der Waals surface area contributed by atoms with Crippen molar-refractivity contribution in [1.29, 1.82) is 0 Å². The van der Waals surface area contributed by atoms with Crippen molar-refractivity contribution in [2.24, 2.45) is 7.05 Å². The maximum atomic E-state index is 14.2. The Kier molecular flexibility index (Phi) is 6.95. The van der Waals surface area contributed by atoms with Crippen molar-refractivity contribution in [3.63, 3.8) is 0 Å². The normalized spacial score (nSPS) is 19.0. The largest absolute Gasteiger partial charge is 0.339 e. The number of carbonyl (C=O) groups is 3. The molecule has 4 rings (SSSR count). The number of aryl methyl sites for hydroxylation is 1. The van der Waals surface area contributed by atoms with Crippen molar-refractivity contribution < 1.29 is 18.8 Å². The number of piperazine rings is 1. The minimum Gasteiger partial charge on any atom is -0.339 e. The number of carbonyl (C=O) groups excluding carboxylic acids is 3. The highest BCUT2D eigenvalue weighted by molar-refractivity contribution is 8.00. The first kappa shape index (κ1) is 25.2. The molecule has 3 amide bonds. The number of benzene rings is 1. The second kappa shape index (κ2) is 9.64. The third kappa shape index (κ3) is 5.07. The molecule has 1 saturated heterocycles. The van der Waals surface area contributed by atoms with E-state index in [2.05, 4.69) is 20.8 Å². The number of hydrogen-bond acceptors (Lipinski definition) is 5. The van der Waals surface area contributed by atoms with E-state index in [0.717, 1.165) is 16.8 Å². The van der Waals surface area contributed by atoms with Crippen LogP contribution in [0, 0.1) is 5.82 Å². The average molecular weight is 502 g/mol. The number of hydrogen-bond donors (Lipinski definition) is 0. The van der Waals surface area contributed by atoms with Gasteiger partial charge in [0.15, 0.2) is 0 Å². The van der Waals surface area contributed by atoms with E-state index in [4.69, 9.17) is 5.10 Å². The Labute approximate surface area is 209 Å². The lowest BCUT2D eigenvalue weighted by atomic mass is 9.87. The smallest absolute Gasteiger partial charge is 0.242 e. The molecule has 0 saturated carbocycles. The van der Waals surface area contributed by atoms with Crippen molar-refractivity contribution in [1.82, 2.24) is 19.6 Å². The van der Waals surface area contributed by atoms with Crippen LogP contribution in [0.1, 0.15) is 49.8 Å². The zero-order valence-corrected chi connectivity index (χ0v) is 21.7. The molecule has 1 aromatic heterocycles. The van der Waals surface area contributed by atoms with Crippen molar-refractivity contribution in [2.75, 3.05) is 43.4 Å². The fourth-order valence-electron chi connectivity index (χ4n) is 4.68. The summed E-state index contributed by atoms with van der Waals surface area (Å²) in [6.45, 7) is 9.43. The van der Waals surface area contributed by atoms with Gasteiger partial charge in [-0.3, -0.25) is 24.0 Å². The number of halogens is 1. The van der Waals surface area contributed by atoms with Gasteiger partial charge in [0.2, 0.25) is 17.7 Å². The highest BCUT2D eigenvalue weighted by Crippen LogP contribution is 2.47. The number of rotatable bonds is 3. The predicted octanol–water partition coefficient (Wildman–Crippen LogP) is 2.72. The second-order valence-corrected chi connectivity index (χ2v) is 11.2. The summed E-state index contributed by atoms with van der Waals surface area (Å²) in [5.41, 5.74) is 2.09. The summed E-state index contributed by atoms with van der Waals surface area (Å²) in [4.78, 5) is 43.2. The van der Waals surface area contributed by atoms with Crippen LogP contribution < -0.4 is 4.90 Å². The number of thioether (sulfide) groups is 1. The third-order valence-electron chi connectivity index (χ3n) is 6.48. The summed E-state index contributed by atoms with van der Waals surface area (Å²) in [7, 11) is 1.78. The first-order valence-corrected chi connectivity index (χ1v) is 12.8. The molecule has 2 aromatic rings. The maximum Gasteiger partial charge on any atom is 0.242 e. The zero-order chi connectivity index (χ0) is 25.5. The van der Waals surface area contributed by atoms with E-state index in [1.54, 1.807) is 27.6 Å². The maximum absolute atomic E-state index is 14.2. The van der Waals surface area contributed by atoms with Crippen molar-refractivity contribution in [3.8, 4) is 0 Å². The summed E-state index contributed by atoms with van der Waals surface area (Å²) >= 11 is 1.43. The van der Waals surface area contributed by atoms with Gasteiger partial charge in [-0.05, 0) is 17.7 Å². The van der Waals surface area contributed by atoms with Gasteiger partial charge in [-0.15, -0.1) is 11.8 Å². The molecule has 1 fully saturated rings. The molecule has 0 bridgehead atoms. The number of aromatic nitrogens is 2. The molecule has 0 radical (unpaired) electrons. The molecule has 10 heteroatoms. The summed E-state index contributed by atoms with van der Waals surface area (Å²) in [5, 5.41) is 4.48. The minimum atomic E-state index is -0.335. The summed E-state index contributed by atoms with van der Waals surface area (Å²) in [6.07, 6.45) is 0. The molecule has 0 spiro atoms. The van der Waals surface area contributed by atoms with Gasteiger partial charge in [0.1, 0.15) is 18.2 Å². The number of amides is 3. The first-order chi connectivity index (χ1) is 16.5. The topological polar surface area (TPSA) is 78.8 Å². The fraction of sp³-hybridized carbons (Fsp3) is 0.520. The molecule has 0 unspecified atom stereocenters. The van der Waals surface area contributed by atoms with Gasteiger partial charge >= 0.3 is 0 Å². The van der Waals surface area contributed by atoms with E-state index in [1.807, 2.05) is 6.07 Å². The van der Waals surface area contributed by atoms with E-state index < -0.39 is 0 Å².